The van der Waals surface area contributed by atoms with Gasteiger partial charge in [0.1, 0.15) is 0 Å². The van der Waals surface area contributed by atoms with E-state index in [-0.39, 0.29) is 12.5 Å². The van der Waals surface area contributed by atoms with Crippen LogP contribution in [-0.2, 0) is 9.09 Å². The highest BCUT2D eigenvalue weighted by atomic mass is 32.7. The molecule has 0 radical (unpaired) electrons. The Labute approximate surface area is 104 Å². The van der Waals surface area contributed by atoms with E-state index >= 15 is 0 Å². The van der Waals surface area contributed by atoms with E-state index in [0.29, 0.717) is 5.75 Å². The number of hydrogen-bond acceptors (Lipinski definition) is 5. The first kappa shape index (κ1) is 14.5. The van der Waals surface area contributed by atoms with Crippen molar-refractivity contribution in [2.75, 3.05) is 12.4 Å². The van der Waals surface area contributed by atoms with Crippen molar-refractivity contribution in [3.8, 4) is 5.88 Å². The molecule has 96 valence electrons. The van der Waals surface area contributed by atoms with Crippen LogP contribution < -0.4 is 4.52 Å². The molecule has 7 heteroatoms. The third-order valence-electron chi connectivity index (χ3n) is 1.64. The first-order chi connectivity index (χ1) is 8.09. The van der Waals surface area contributed by atoms with Gasteiger partial charge in [0, 0.05) is 11.8 Å². The first-order valence-electron chi connectivity index (χ1n) is 5.31. The van der Waals surface area contributed by atoms with E-state index < -0.39 is 12.7 Å². The van der Waals surface area contributed by atoms with Crippen molar-refractivity contribution in [1.29, 1.82) is 0 Å². The smallest absolute Gasteiger partial charge is 0.398 e. The molecular formula is C10H15FNO3PS. The van der Waals surface area contributed by atoms with Crippen molar-refractivity contribution in [2.45, 2.75) is 20.3 Å². The van der Waals surface area contributed by atoms with Gasteiger partial charge in [-0.2, -0.15) is 9.37 Å². The summed E-state index contributed by atoms with van der Waals surface area (Å²) in [5.74, 6) is -0.0523. The van der Waals surface area contributed by atoms with Crippen LogP contribution in [0.3, 0.4) is 0 Å². The standard InChI is InChI=1S/C10H15FNO3PS/c1-3-8-17-16(13,14-4-2)15-10-7-5-6-9(11)12-10/h5-7H,3-4,8H2,1-2H3. The van der Waals surface area contributed by atoms with E-state index in [9.17, 15) is 8.96 Å². The van der Waals surface area contributed by atoms with Crippen LogP contribution in [0.4, 0.5) is 4.39 Å². The summed E-state index contributed by atoms with van der Waals surface area (Å²) in [6.45, 7) is 0.663. The fourth-order valence-corrected chi connectivity index (χ4v) is 4.38. The summed E-state index contributed by atoms with van der Waals surface area (Å²) in [4.78, 5) is 3.49. The molecule has 0 saturated heterocycles. The highest BCUT2D eigenvalue weighted by Gasteiger charge is 2.27. The fraction of sp³-hybridized carbons (Fsp3) is 0.500. The second-order valence-corrected chi connectivity index (χ2v) is 7.21. The normalized spacial score (nSPS) is 14.3. The quantitative estimate of drug-likeness (QED) is 0.560. The molecule has 1 rings (SSSR count). The summed E-state index contributed by atoms with van der Waals surface area (Å²) in [6, 6.07) is 4.08. The topological polar surface area (TPSA) is 48.4 Å². The Hall–Kier alpha value is -0.580. The molecule has 0 aliphatic rings. The Kier molecular flexibility index (Phi) is 5.95. The van der Waals surface area contributed by atoms with Crippen molar-refractivity contribution in [1.82, 2.24) is 4.98 Å². The maximum Gasteiger partial charge on any atom is 0.441 e. The van der Waals surface area contributed by atoms with Gasteiger partial charge in [-0.25, -0.2) is 4.57 Å². The van der Waals surface area contributed by atoms with Gasteiger partial charge in [-0.15, -0.1) is 0 Å². The minimum atomic E-state index is -3.29. The number of rotatable bonds is 7. The number of nitrogens with zero attached hydrogens (tertiary/aromatic N) is 1. The van der Waals surface area contributed by atoms with Crippen LogP contribution in [0.2, 0.25) is 0 Å². The van der Waals surface area contributed by atoms with Crippen molar-refractivity contribution in [2.24, 2.45) is 0 Å². The molecule has 17 heavy (non-hydrogen) atoms. The predicted octanol–water partition coefficient (Wildman–Crippen LogP) is 3.89. The summed E-state index contributed by atoms with van der Waals surface area (Å²) in [6.07, 6.45) is 0.849. The molecule has 4 nitrogen and oxygen atoms in total. The first-order valence-corrected chi connectivity index (χ1v) is 8.44. The predicted molar refractivity (Wildman–Crippen MR) is 66.8 cm³/mol. The third-order valence-corrected chi connectivity index (χ3v) is 5.56. The minimum Gasteiger partial charge on any atom is -0.398 e. The van der Waals surface area contributed by atoms with Crippen LogP contribution in [0.25, 0.3) is 0 Å². The van der Waals surface area contributed by atoms with Crippen LogP contribution >= 0.6 is 18.2 Å². The molecule has 0 saturated carbocycles. The molecule has 0 aromatic carbocycles. The maximum atomic E-state index is 12.9. The van der Waals surface area contributed by atoms with Gasteiger partial charge in [-0.3, -0.25) is 4.52 Å². The summed E-state index contributed by atoms with van der Waals surface area (Å²) in [7, 11) is 0. The van der Waals surface area contributed by atoms with Crippen LogP contribution in [-0.4, -0.2) is 17.3 Å². The number of pyridine rings is 1. The highest BCUT2D eigenvalue weighted by Crippen LogP contribution is 2.59. The van der Waals surface area contributed by atoms with E-state index in [1.54, 1.807) is 6.92 Å². The van der Waals surface area contributed by atoms with Crippen molar-refractivity contribution in [3.63, 3.8) is 0 Å². The highest BCUT2D eigenvalue weighted by molar-refractivity contribution is 8.55. The molecule has 0 N–H and O–H groups in total. The van der Waals surface area contributed by atoms with E-state index in [2.05, 4.69) is 4.98 Å². The zero-order chi connectivity index (χ0) is 12.7. The van der Waals surface area contributed by atoms with Gasteiger partial charge < -0.3 is 4.52 Å². The molecule has 1 atom stereocenters. The van der Waals surface area contributed by atoms with Crippen molar-refractivity contribution >= 4 is 18.2 Å². The second-order valence-electron chi connectivity index (χ2n) is 3.09. The lowest BCUT2D eigenvalue weighted by atomic mass is 10.5. The molecule has 0 aliphatic carbocycles. The Bertz CT molecular complexity index is 405. The van der Waals surface area contributed by atoms with Crippen molar-refractivity contribution in [3.05, 3.63) is 24.1 Å². The van der Waals surface area contributed by atoms with E-state index in [1.807, 2.05) is 6.92 Å². The number of halogens is 1. The molecule has 1 unspecified atom stereocenters. The van der Waals surface area contributed by atoms with E-state index in [1.165, 1.54) is 18.2 Å². The Morgan fingerprint density at radius 1 is 1.47 bits per heavy atom. The zero-order valence-corrected chi connectivity index (χ0v) is 11.5. The van der Waals surface area contributed by atoms with Crippen molar-refractivity contribution < 1.29 is 18.0 Å². The van der Waals surface area contributed by atoms with Gasteiger partial charge in [0.05, 0.1) is 6.61 Å². The third kappa shape index (κ3) is 5.06. The Morgan fingerprint density at radius 2 is 2.24 bits per heavy atom. The molecule has 1 aromatic rings. The SMILES string of the molecule is CCCSP(=O)(OCC)Oc1cccc(F)n1. The lowest BCUT2D eigenvalue weighted by molar-refractivity contribution is 0.292. The molecule has 0 bridgehead atoms. The van der Waals surface area contributed by atoms with Gasteiger partial charge in [-0.05, 0) is 30.8 Å². The molecule has 1 aromatic heterocycles. The average Bonchev–Trinajstić information content (AvgIpc) is 2.27. The number of aromatic nitrogens is 1. The Morgan fingerprint density at radius 3 is 2.82 bits per heavy atom. The van der Waals surface area contributed by atoms with Crippen LogP contribution in [0, 0.1) is 5.95 Å². The summed E-state index contributed by atoms with van der Waals surface area (Å²) in [5.41, 5.74) is 0. The molecule has 1 heterocycles. The van der Waals surface area contributed by atoms with Crippen LogP contribution in [0.15, 0.2) is 18.2 Å². The molecule has 0 amide bonds. The lowest BCUT2D eigenvalue weighted by Gasteiger charge is -2.16. The molecular weight excluding hydrogens is 264 g/mol. The second kappa shape index (κ2) is 6.99. The summed E-state index contributed by atoms with van der Waals surface area (Å²) in [5, 5.41) is 0. The minimum absolute atomic E-state index is 0.0228. The van der Waals surface area contributed by atoms with Gasteiger partial charge in [-0.1, -0.05) is 13.0 Å². The summed E-state index contributed by atoms with van der Waals surface area (Å²) < 4.78 is 35.3. The molecule has 0 spiro atoms. The van der Waals surface area contributed by atoms with Gasteiger partial charge in [0.2, 0.25) is 11.8 Å². The largest absolute Gasteiger partial charge is 0.441 e. The lowest BCUT2D eigenvalue weighted by Crippen LogP contribution is -1.98. The Balaban J connectivity index is 2.75. The van der Waals surface area contributed by atoms with Gasteiger partial charge in [0.15, 0.2) is 0 Å². The zero-order valence-electron chi connectivity index (χ0n) is 9.76. The number of hydrogen-bond donors (Lipinski definition) is 0. The van der Waals surface area contributed by atoms with Gasteiger partial charge >= 0.3 is 6.80 Å². The monoisotopic (exact) mass is 279 g/mol. The molecule has 0 aliphatic heterocycles. The van der Waals surface area contributed by atoms with Gasteiger partial charge in [0.25, 0.3) is 0 Å². The van der Waals surface area contributed by atoms with Crippen LogP contribution in [0.5, 0.6) is 5.88 Å². The maximum absolute atomic E-state index is 12.9. The summed E-state index contributed by atoms with van der Waals surface area (Å²) >= 11 is 1.10. The average molecular weight is 279 g/mol. The fourth-order valence-electron chi connectivity index (χ4n) is 1.01. The van der Waals surface area contributed by atoms with Crippen LogP contribution in [0.1, 0.15) is 20.3 Å². The molecule has 0 fully saturated rings. The van der Waals surface area contributed by atoms with E-state index in [4.69, 9.17) is 9.05 Å². The van der Waals surface area contributed by atoms with E-state index in [0.717, 1.165) is 17.8 Å².